The van der Waals surface area contributed by atoms with Crippen molar-refractivity contribution in [1.29, 1.82) is 0 Å². The molecule has 2 N–H and O–H groups in total. The summed E-state index contributed by atoms with van der Waals surface area (Å²) in [6, 6.07) is 4.18. The third-order valence-electron chi connectivity index (χ3n) is 2.24. The van der Waals surface area contributed by atoms with Gasteiger partial charge < -0.3 is 10.5 Å². The SMILES string of the molecule is CCC(N)(COC)Cc1cccs1. The van der Waals surface area contributed by atoms with Crippen molar-refractivity contribution < 1.29 is 4.74 Å². The van der Waals surface area contributed by atoms with E-state index in [1.807, 2.05) is 0 Å². The lowest BCUT2D eigenvalue weighted by atomic mass is 9.94. The molecule has 2 nitrogen and oxygen atoms in total. The molecule has 0 fully saturated rings. The summed E-state index contributed by atoms with van der Waals surface area (Å²) in [7, 11) is 1.70. The van der Waals surface area contributed by atoms with E-state index in [1.54, 1.807) is 18.4 Å². The van der Waals surface area contributed by atoms with Gasteiger partial charge in [-0.1, -0.05) is 13.0 Å². The Morgan fingerprint density at radius 2 is 2.38 bits per heavy atom. The molecule has 1 aromatic heterocycles. The van der Waals surface area contributed by atoms with Gasteiger partial charge in [0.2, 0.25) is 0 Å². The largest absolute Gasteiger partial charge is 0.383 e. The van der Waals surface area contributed by atoms with Crippen LogP contribution in [0.4, 0.5) is 0 Å². The molecule has 0 bridgehead atoms. The van der Waals surface area contributed by atoms with Crippen LogP contribution in [0.1, 0.15) is 18.2 Å². The summed E-state index contributed by atoms with van der Waals surface area (Å²) in [5.41, 5.74) is 5.99. The van der Waals surface area contributed by atoms with Crippen LogP contribution in [-0.4, -0.2) is 19.3 Å². The molecule has 0 aromatic carbocycles. The maximum Gasteiger partial charge on any atom is 0.0645 e. The standard InChI is InChI=1S/C10H17NOS/c1-3-10(11,8-12-2)7-9-5-4-6-13-9/h4-6H,3,7-8,11H2,1-2H3. The quantitative estimate of drug-likeness (QED) is 0.787. The Labute approximate surface area is 83.7 Å². The molecular formula is C10H17NOS. The number of hydrogen-bond acceptors (Lipinski definition) is 3. The first-order chi connectivity index (χ1) is 6.20. The van der Waals surface area contributed by atoms with Crippen molar-refractivity contribution in [3.8, 4) is 0 Å². The maximum absolute atomic E-state index is 6.18. The lowest BCUT2D eigenvalue weighted by Crippen LogP contribution is -2.45. The number of nitrogens with two attached hydrogens (primary N) is 1. The van der Waals surface area contributed by atoms with E-state index in [1.165, 1.54) is 4.88 Å². The van der Waals surface area contributed by atoms with E-state index < -0.39 is 0 Å². The van der Waals surface area contributed by atoms with Gasteiger partial charge in [-0.2, -0.15) is 0 Å². The average molecular weight is 199 g/mol. The zero-order valence-electron chi connectivity index (χ0n) is 8.25. The Morgan fingerprint density at radius 1 is 1.62 bits per heavy atom. The molecule has 13 heavy (non-hydrogen) atoms. The van der Waals surface area contributed by atoms with Gasteiger partial charge in [-0.3, -0.25) is 0 Å². The van der Waals surface area contributed by atoms with E-state index in [4.69, 9.17) is 10.5 Å². The second kappa shape index (κ2) is 4.74. The van der Waals surface area contributed by atoms with Crippen molar-refractivity contribution >= 4 is 11.3 Å². The minimum atomic E-state index is -0.195. The Bertz CT molecular complexity index is 235. The van der Waals surface area contributed by atoms with Crippen molar-refractivity contribution in [3.05, 3.63) is 22.4 Å². The van der Waals surface area contributed by atoms with Crippen molar-refractivity contribution in [2.24, 2.45) is 5.73 Å². The lowest BCUT2D eigenvalue weighted by Gasteiger charge is -2.26. The number of rotatable bonds is 5. The highest BCUT2D eigenvalue weighted by molar-refractivity contribution is 7.09. The second-order valence-electron chi connectivity index (χ2n) is 3.41. The van der Waals surface area contributed by atoms with Crippen molar-refractivity contribution in [2.45, 2.75) is 25.3 Å². The normalized spacial score (nSPS) is 15.6. The van der Waals surface area contributed by atoms with Gasteiger partial charge in [0, 0.05) is 23.9 Å². The maximum atomic E-state index is 6.18. The molecule has 1 unspecified atom stereocenters. The average Bonchev–Trinajstić information content (AvgIpc) is 2.57. The molecule has 74 valence electrons. The van der Waals surface area contributed by atoms with E-state index in [0.717, 1.165) is 12.8 Å². The minimum absolute atomic E-state index is 0.195. The molecule has 1 aromatic rings. The third-order valence-corrected chi connectivity index (χ3v) is 3.12. The zero-order chi connectivity index (χ0) is 9.73. The van der Waals surface area contributed by atoms with Gasteiger partial charge in [-0.15, -0.1) is 11.3 Å². The van der Waals surface area contributed by atoms with Crippen LogP contribution < -0.4 is 5.73 Å². The molecule has 0 saturated carbocycles. The van der Waals surface area contributed by atoms with E-state index in [-0.39, 0.29) is 5.54 Å². The van der Waals surface area contributed by atoms with Gasteiger partial charge in [-0.05, 0) is 17.9 Å². The number of methoxy groups -OCH3 is 1. The third kappa shape index (κ3) is 3.10. The van der Waals surface area contributed by atoms with Gasteiger partial charge in [0.25, 0.3) is 0 Å². The van der Waals surface area contributed by atoms with E-state index in [0.29, 0.717) is 6.61 Å². The van der Waals surface area contributed by atoms with Gasteiger partial charge in [0.15, 0.2) is 0 Å². The Kier molecular flexibility index (Phi) is 3.90. The van der Waals surface area contributed by atoms with Crippen LogP contribution >= 0.6 is 11.3 Å². The Balaban J connectivity index is 2.58. The summed E-state index contributed by atoms with van der Waals surface area (Å²) < 4.78 is 5.13. The zero-order valence-corrected chi connectivity index (χ0v) is 9.06. The fraction of sp³-hybridized carbons (Fsp3) is 0.600. The van der Waals surface area contributed by atoms with Crippen LogP contribution in [0.5, 0.6) is 0 Å². The van der Waals surface area contributed by atoms with E-state index >= 15 is 0 Å². The van der Waals surface area contributed by atoms with Crippen molar-refractivity contribution in [2.75, 3.05) is 13.7 Å². The fourth-order valence-corrected chi connectivity index (χ4v) is 2.19. The van der Waals surface area contributed by atoms with Gasteiger partial charge >= 0.3 is 0 Å². The Hall–Kier alpha value is -0.380. The molecule has 3 heteroatoms. The summed E-state index contributed by atoms with van der Waals surface area (Å²) in [6.07, 6.45) is 1.85. The summed E-state index contributed by atoms with van der Waals surface area (Å²) in [5, 5.41) is 2.08. The number of ether oxygens (including phenoxy) is 1. The second-order valence-corrected chi connectivity index (χ2v) is 4.44. The first-order valence-corrected chi connectivity index (χ1v) is 5.38. The number of thiophene rings is 1. The van der Waals surface area contributed by atoms with Crippen molar-refractivity contribution in [1.82, 2.24) is 0 Å². The molecule has 1 atom stereocenters. The first-order valence-electron chi connectivity index (χ1n) is 4.50. The lowest BCUT2D eigenvalue weighted by molar-refractivity contribution is 0.130. The topological polar surface area (TPSA) is 35.2 Å². The van der Waals surface area contributed by atoms with E-state index in [2.05, 4.69) is 24.4 Å². The summed E-state index contributed by atoms with van der Waals surface area (Å²) in [6.45, 7) is 2.73. The molecular weight excluding hydrogens is 182 g/mol. The summed E-state index contributed by atoms with van der Waals surface area (Å²) >= 11 is 1.76. The molecule has 0 aliphatic carbocycles. The molecule has 0 saturated heterocycles. The van der Waals surface area contributed by atoms with Crippen LogP contribution in [0.3, 0.4) is 0 Å². The smallest absolute Gasteiger partial charge is 0.0645 e. The first kappa shape index (κ1) is 10.7. The predicted molar refractivity (Wildman–Crippen MR) is 57.1 cm³/mol. The molecule has 1 heterocycles. The van der Waals surface area contributed by atoms with Crippen molar-refractivity contribution in [3.63, 3.8) is 0 Å². The van der Waals surface area contributed by atoms with Gasteiger partial charge in [0.05, 0.1) is 6.61 Å². The number of hydrogen-bond donors (Lipinski definition) is 1. The molecule has 0 spiro atoms. The Morgan fingerprint density at radius 3 is 2.85 bits per heavy atom. The van der Waals surface area contributed by atoms with Crippen LogP contribution in [-0.2, 0) is 11.2 Å². The monoisotopic (exact) mass is 199 g/mol. The summed E-state index contributed by atoms with van der Waals surface area (Å²) in [4.78, 5) is 1.33. The van der Waals surface area contributed by atoms with Crippen LogP contribution in [0.15, 0.2) is 17.5 Å². The van der Waals surface area contributed by atoms with Crippen LogP contribution in [0.2, 0.25) is 0 Å². The highest BCUT2D eigenvalue weighted by atomic mass is 32.1. The highest BCUT2D eigenvalue weighted by Crippen LogP contribution is 2.18. The van der Waals surface area contributed by atoms with E-state index in [9.17, 15) is 0 Å². The molecule has 0 amide bonds. The highest BCUT2D eigenvalue weighted by Gasteiger charge is 2.23. The van der Waals surface area contributed by atoms with Gasteiger partial charge in [-0.25, -0.2) is 0 Å². The summed E-state index contributed by atoms with van der Waals surface area (Å²) in [5.74, 6) is 0. The van der Waals surface area contributed by atoms with Crippen LogP contribution in [0.25, 0.3) is 0 Å². The molecule has 1 rings (SSSR count). The fourth-order valence-electron chi connectivity index (χ4n) is 1.33. The molecule has 0 aliphatic heterocycles. The predicted octanol–water partition coefficient (Wildman–Crippen LogP) is 2.04. The minimum Gasteiger partial charge on any atom is -0.383 e. The molecule has 0 radical (unpaired) electrons. The van der Waals surface area contributed by atoms with Crippen LogP contribution in [0, 0.1) is 0 Å². The molecule has 0 aliphatic rings. The van der Waals surface area contributed by atoms with Gasteiger partial charge in [0.1, 0.15) is 0 Å².